The molecule has 1 rings (SSSR count). The van der Waals surface area contributed by atoms with Gasteiger partial charge in [-0.05, 0) is 26.0 Å². The topological polar surface area (TPSA) is 83.8 Å². The van der Waals surface area contributed by atoms with Gasteiger partial charge in [0.1, 0.15) is 10.0 Å². The van der Waals surface area contributed by atoms with Crippen LogP contribution in [-0.4, -0.2) is 21.6 Å². The van der Waals surface area contributed by atoms with Crippen LogP contribution < -0.4 is 29.6 Å². The molecule has 0 aromatic heterocycles. The Kier molecular flexibility index (Phi) is 8.67. The second kappa shape index (κ2) is 8.54. The molecule has 0 radical (unpaired) electrons. The molecule has 0 saturated carbocycles. The van der Waals surface area contributed by atoms with E-state index in [9.17, 15) is 13.0 Å². The van der Waals surface area contributed by atoms with Crippen molar-refractivity contribution in [3.8, 4) is 0 Å². The summed E-state index contributed by atoms with van der Waals surface area (Å²) in [5.41, 5.74) is 0. The van der Waals surface area contributed by atoms with Crippen molar-refractivity contribution >= 4 is 17.8 Å². The number of nitrogens with zero attached hydrogens (tertiary/aromatic N) is 1. The third kappa shape index (κ3) is 6.06. The first kappa shape index (κ1) is 19.3. The third-order valence-electron chi connectivity index (χ3n) is 1.83. The second-order valence-electron chi connectivity index (χ2n) is 3.17. The zero-order valence-corrected chi connectivity index (χ0v) is 14.9. The molecular formula is C10H15NNaO5PS. The summed E-state index contributed by atoms with van der Waals surface area (Å²) in [5.74, 6) is 0. The fraction of sp³-hybridized carbons (Fsp3) is 0.400. The van der Waals surface area contributed by atoms with E-state index in [1.165, 1.54) is 12.1 Å². The molecule has 0 heterocycles. The van der Waals surface area contributed by atoms with Crippen molar-refractivity contribution in [2.45, 2.75) is 18.7 Å². The Hall–Kier alpha value is 0.280. The Morgan fingerprint density at radius 1 is 1.11 bits per heavy atom. The molecule has 0 fully saturated rings. The fourth-order valence-electron chi connectivity index (χ4n) is 1.18. The minimum Gasteiger partial charge on any atom is -0.438 e. The van der Waals surface area contributed by atoms with Crippen molar-refractivity contribution in [1.82, 2.24) is 0 Å². The molecule has 0 aliphatic carbocycles. The summed E-state index contributed by atoms with van der Waals surface area (Å²) in [6, 6.07) is 7.50. The Morgan fingerprint density at radius 2 is 1.58 bits per heavy atom. The normalized spacial score (nSPS) is 11.9. The first-order valence-electron chi connectivity index (χ1n) is 5.37. The maximum Gasteiger partial charge on any atom is 1.00 e. The van der Waals surface area contributed by atoms with Crippen molar-refractivity contribution < 1.29 is 51.6 Å². The zero-order chi connectivity index (χ0) is 13.6. The van der Waals surface area contributed by atoms with Crippen molar-refractivity contribution in [2.24, 2.45) is 0 Å². The van der Waals surface area contributed by atoms with Crippen LogP contribution in [-0.2, 0) is 23.6 Å². The Bertz CT molecular complexity index is 512. The quantitative estimate of drug-likeness (QED) is 0.520. The zero-order valence-electron chi connectivity index (χ0n) is 11.1. The number of hydrogen-bond acceptors (Lipinski definition) is 5. The van der Waals surface area contributed by atoms with Crippen LogP contribution in [0.5, 0.6) is 0 Å². The van der Waals surface area contributed by atoms with Crippen molar-refractivity contribution in [3.05, 3.63) is 34.8 Å². The summed E-state index contributed by atoms with van der Waals surface area (Å²) in [7, 11) is -8.02. The predicted molar refractivity (Wildman–Crippen MR) is 67.8 cm³/mol. The Balaban J connectivity index is 0.00000324. The molecule has 1 aromatic carbocycles. The molecule has 0 atom stereocenters. The monoisotopic (exact) mass is 315 g/mol. The van der Waals surface area contributed by atoms with Crippen LogP contribution in [0.25, 0.3) is 4.49 Å². The number of rotatable bonds is 7. The number of hydrogen-bond donors (Lipinski definition) is 0. The average Bonchev–Trinajstić information content (AvgIpc) is 2.29. The van der Waals surface area contributed by atoms with Crippen molar-refractivity contribution in [1.29, 1.82) is 0 Å². The largest absolute Gasteiger partial charge is 1.00 e. The SMILES string of the molecule is CCOP(=O)([N-]S(=O)(=O)c1ccccc1)OCC.[Na+]. The van der Waals surface area contributed by atoms with Crippen LogP contribution in [0.2, 0.25) is 0 Å². The van der Waals surface area contributed by atoms with Gasteiger partial charge in [0.25, 0.3) is 7.75 Å². The van der Waals surface area contributed by atoms with Gasteiger partial charge in [0, 0.05) is 4.90 Å². The molecule has 6 nitrogen and oxygen atoms in total. The molecule has 0 saturated heterocycles. The van der Waals surface area contributed by atoms with Gasteiger partial charge in [0.2, 0.25) is 0 Å². The van der Waals surface area contributed by atoms with Gasteiger partial charge in [-0.3, -0.25) is 4.57 Å². The fourth-order valence-corrected chi connectivity index (χ4v) is 4.22. The van der Waals surface area contributed by atoms with E-state index in [2.05, 4.69) is 4.49 Å². The average molecular weight is 315 g/mol. The predicted octanol–water partition coefficient (Wildman–Crippen LogP) is -0.0659. The minimum atomic E-state index is -4.05. The first-order valence-corrected chi connectivity index (χ1v) is 8.31. The molecule has 0 aliphatic heterocycles. The second-order valence-corrected chi connectivity index (χ2v) is 6.70. The van der Waals surface area contributed by atoms with Gasteiger partial charge in [0.15, 0.2) is 0 Å². The van der Waals surface area contributed by atoms with Gasteiger partial charge in [0.05, 0.1) is 13.2 Å². The molecule has 0 N–H and O–H groups in total. The van der Waals surface area contributed by atoms with E-state index < -0.39 is 17.8 Å². The maximum absolute atomic E-state index is 12.0. The van der Waals surface area contributed by atoms with Crippen LogP contribution in [0.3, 0.4) is 0 Å². The van der Waals surface area contributed by atoms with E-state index in [0.29, 0.717) is 0 Å². The van der Waals surface area contributed by atoms with Gasteiger partial charge in [-0.2, -0.15) is 0 Å². The molecule has 0 bridgehead atoms. The molecule has 1 aromatic rings. The smallest absolute Gasteiger partial charge is 0.438 e. The maximum atomic E-state index is 12.0. The molecule has 19 heavy (non-hydrogen) atoms. The van der Waals surface area contributed by atoms with E-state index in [-0.39, 0.29) is 47.7 Å². The van der Waals surface area contributed by atoms with Gasteiger partial charge >= 0.3 is 29.6 Å². The summed E-state index contributed by atoms with van der Waals surface area (Å²) < 4.78 is 48.7. The molecular weight excluding hydrogens is 300 g/mol. The Labute approximate surface area is 135 Å². The van der Waals surface area contributed by atoms with E-state index >= 15 is 0 Å². The molecule has 0 aliphatic rings. The van der Waals surface area contributed by atoms with Gasteiger partial charge < -0.3 is 13.5 Å². The van der Waals surface area contributed by atoms with E-state index in [0.717, 1.165) is 0 Å². The van der Waals surface area contributed by atoms with Crippen LogP contribution in [0.15, 0.2) is 35.2 Å². The van der Waals surface area contributed by atoms with Crippen LogP contribution in [0.1, 0.15) is 13.8 Å². The summed E-state index contributed by atoms with van der Waals surface area (Å²) in [6.07, 6.45) is 0. The Morgan fingerprint density at radius 3 is 2.00 bits per heavy atom. The third-order valence-corrected chi connectivity index (χ3v) is 5.53. The van der Waals surface area contributed by atoms with Gasteiger partial charge in [-0.15, -0.1) is 0 Å². The molecule has 0 spiro atoms. The summed E-state index contributed by atoms with van der Waals surface area (Å²) in [5, 5.41) is 0. The number of benzene rings is 1. The first-order chi connectivity index (χ1) is 8.43. The van der Waals surface area contributed by atoms with Gasteiger partial charge in [-0.1, -0.05) is 18.2 Å². The molecule has 9 heteroatoms. The summed E-state index contributed by atoms with van der Waals surface area (Å²) in [4.78, 5) is -0.0513. The minimum absolute atomic E-state index is 0. The van der Waals surface area contributed by atoms with Crippen LogP contribution >= 0.6 is 7.75 Å². The van der Waals surface area contributed by atoms with Crippen LogP contribution in [0, 0.1) is 0 Å². The summed E-state index contributed by atoms with van der Waals surface area (Å²) in [6.45, 7) is 3.25. The van der Waals surface area contributed by atoms with E-state index in [4.69, 9.17) is 9.05 Å². The van der Waals surface area contributed by atoms with Crippen LogP contribution in [0.4, 0.5) is 0 Å². The van der Waals surface area contributed by atoms with Crippen molar-refractivity contribution in [2.75, 3.05) is 13.2 Å². The molecule has 0 amide bonds. The van der Waals surface area contributed by atoms with E-state index in [1.807, 2.05) is 0 Å². The van der Waals surface area contributed by atoms with Crippen molar-refractivity contribution in [3.63, 3.8) is 0 Å². The molecule has 0 unspecified atom stereocenters. The molecule has 102 valence electrons. The van der Waals surface area contributed by atoms with E-state index in [1.54, 1.807) is 32.0 Å². The van der Waals surface area contributed by atoms with Gasteiger partial charge in [-0.25, -0.2) is 8.42 Å². The standard InChI is InChI=1S/C10H15NO5PS.Na/c1-3-15-17(12,16-4-2)11-18(13,14)10-8-6-5-7-9-10;/h5-9H,3-4H2,1-2H3;/q-1;+1. The number of sulfonamides is 1. The summed E-state index contributed by atoms with van der Waals surface area (Å²) >= 11 is 0.